The Morgan fingerprint density at radius 2 is 0.912 bits per heavy atom. The first-order chi connectivity index (χ1) is 28.2. The van der Waals surface area contributed by atoms with Gasteiger partial charge in [0.05, 0.1) is 0 Å². The molecule has 266 valence electrons. The Balaban J connectivity index is 1.13. The van der Waals surface area contributed by atoms with Gasteiger partial charge in [-0.15, -0.1) is 0 Å². The van der Waals surface area contributed by atoms with E-state index in [1.165, 1.54) is 0 Å². The van der Waals surface area contributed by atoms with Gasteiger partial charge in [-0.2, -0.15) is 0 Å². The zero-order valence-corrected chi connectivity index (χ0v) is 30.2. The van der Waals surface area contributed by atoms with Gasteiger partial charge in [-0.25, -0.2) is 15.0 Å². The third kappa shape index (κ3) is 4.92. The summed E-state index contributed by atoms with van der Waals surface area (Å²) >= 11 is 0. The number of pyridine rings is 1. The summed E-state index contributed by atoms with van der Waals surface area (Å²) in [7, 11) is 0. The van der Waals surface area contributed by atoms with E-state index in [2.05, 4.69) is 71.7 Å². The predicted octanol–water partition coefficient (Wildman–Crippen LogP) is 13.3. The molecule has 5 heterocycles. The van der Waals surface area contributed by atoms with Gasteiger partial charge in [-0.3, -0.25) is 4.98 Å². The minimum absolute atomic E-state index is 0.519. The van der Waals surface area contributed by atoms with E-state index in [1.807, 2.05) is 97.2 Å². The van der Waals surface area contributed by atoms with Gasteiger partial charge in [0.15, 0.2) is 17.5 Å². The lowest BCUT2D eigenvalue weighted by Gasteiger charge is -2.13. The van der Waals surface area contributed by atoms with E-state index in [1.54, 1.807) is 6.20 Å². The molecular weight excluding hydrogens is 705 g/mol. The van der Waals surface area contributed by atoms with Crippen LogP contribution in [-0.2, 0) is 0 Å². The molecule has 57 heavy (non-hydrogen) atoms. The maximum atomic E-state index is 6.77. The Bertz CT molecular complexity index is 3540. The molecule has 0 unspecified atom stereocenters. The molecule has 0 N–H and O–H groups in total. The zero-order valence-electron chi connectivity index (χ0n) is 30.2. The third-order valence-corrected chi connectivity index (χ3v) is 10.9. The lowest BCUT2D eigenvalue weighted by molar-refractivity contribution is 0.665. The molecule has 0 amide bonds. The summed E-state index contributed by atoms with van der Waals surface area (Å²) in [5.74, 6) is 1.58. The molecule has 5 aromatic heterocycles. The summed E-state index contributed by atoms with van der Waals surface area (Å²) in [6, 6.07) is 53.1. The van der Waals surface area contributed by atoms with E-state index >= 15 is 0 Å². The van der Waals surface area contributed by atoms with E-state index < -0.39 is 0 Å². The molecular formula is C50H28N4O3. The second-order valence-corrected chi connectivity index (χ2v) is 14.1. The minimum atomic E-state index is 0.519. The molecule has 0 fully saturated rings. The highest BCUT2D eigenvalue weighted by molar-refractivity contribution is 6.18. The fourth-order valence-electron chi connectivity index (χ4n) is 8.25. The zero-order chi connectivity index (χ0) is 37.5. The summed E-state index contributed by atoms with van der Waals surface area (Å²) in [5, 5.41) is 6.10. The van der Waals surface area contributed by atoms with Crippen LogP contribution in [0, 0.1) is 0 Å². The second-order valence-electron chi connectivity index (χ2n) is 14.1. The van der Waals surface area contributed by atoms with Crippen molar-refractivity contribution in [2.75, 3.05) is 0 Å². The summed E-state index contributed by atoms with van der Waals surface area (Å²) < 4.78 is 19.6. The number of aromatic nitrogens is 4. The molecule has 0 bridgehead atoms. The SMILES string of the molecule is c1cncc(-c2ccccc2-c2nc(-c3ccc4c(c3)oc3ccccc34)nc(-c3ccc(-c4cccc5c4oc4ccccc45)c4oc5ccccc5c34)n2)c1. The fourth-order valence-corrected chi connectivity index (χ4v) is 8.25. The lowest BCUT2D eigenvalue weighted by Crippen LogP contribution is -2.01. The molecule has 7 aromatic carbocycles. The number of hydrogen-bond acceptors (Lipinski definition) is 7. The molecule has 0 saturated carbocycles. The van der Waals surface area contributed by atoms with Gasteiger partial charge in [-0.05, 0) is 54.1 Å². The van der Waals surface area contributed by atoms with Gasteiger partial charge in [-0.1, -0.05) is 109 Å². The Morgan fingerprint density at radius 1 is 0.333 bits per heavy atom. The van der Waals surface area contributed by atoms with Crippen LogP contribution in [-0.4, -0.2) is 19.9 Å². The van der Waals surface area contributed by atoms with E-state index in [4.69, 9.17) is 28.2 Å². The Labute approximate surface area is 324 Å². The van der Waals surface area contributed by atoms with E-state index in [0.29, 0.717) is 17.5 Å². The van der Waals surface area contributed by atoms with Crippen LogP contribution in [0.3, 0.4) is 0 Å². The van der Waals surface area contributed by atoms with Crippen molar-refractivity contribution < 1.29 is 13.3 Å². The maximum absolute atomic E-state index is 6.77. The van der Waals surface area contributed by atoms with Crippen LogP contribution in [0.1, 0.15) is 0 Å². The average molecular weight is 733 g/mol. The van der Waals surface area contributed by atoms with Crippen LogP contribution >= 0.6 is 0 Å². The number of furan rings is 3. The van der Waals surface area contributed by atoms with Gasteiger partial charge < -0.3 is 13.3 Å². The van der Waals surface area contributed by atoms with Crippen molar-refractivity contribution in [2.45, 2.75) is 0 Å². The molecule has 0 atom stereocenters. The quantitative estimate of drug-likeness (QED) is 0.174. The lowest BCUT2D eigenvalue weighted by atomic mass is 9.96. The second kappa shape index (κ2) is 12.3. The van der Waals surface area contributed by atoms with Crippen LogP contribution in [0.25, 0.3) is 122 Å². The summed E-state index contributed by atoms with van der Waals surface area (Å²) in [6.07, 6.45) is 3.64. The fraction of sp³-hybridized carbons (Fsp3) is 0. The number of fused-ring (bicyclic) bond motifs is 9. The van der Waals surface area contributed by atoms with Gasteiger partial charge in [0.2, 0.25) is 0 Å². The van der Waals surface area contributed by atoms with Crippen molar-refractivity contribution in [1.29, 1.82) is 0 Å². The molecule has 7 heteroatoms. The standard InChI is InChI=1S/C50H28N4O3/c1-2-15-38(31(12-1)30-11-10-26-51-28-30)49-52-48(29-22-23-34-32-13-3-6-19-41(32)55-44(34)27-29)53-50(54-49)40-25-24-37(47-45(40)39-16-5-8-21-43(39)57-47)36-18-9-17-35-33-14-4-7-20-42(33)56-46(35)36/h1-28H. The van der Waals surface area contributed by atoms with Gasteiger partial charge >= 0.3 is 0 Å². The van der Waals surface area contributed by atoms with E-state index in [0.717, 1.165) is 105 Å². The highest BCUT2D eigenvalue weighted by Crippen LogP contribution is 2.45. The molecule has 0 radical (unpaired) electrons. The van der Waals surface area contributed by atoms with Gasteiger partial charge in [0.25, 0.3) is 0 Å². The number of rotatable bonds is 5. The normalized spacial score (nSPS) is 11.9. The predicted molar refractivity (Wildman–Crippen MR) is 227 cm³/mol. The summed E-state index contributed by atoms with van der Waals surface area (Å²) in [4.78, 5) is 20.1. The van der Waals surface area contributed by atoms with E-state index in [9.17, 15) is 0 Å². The Morgan fingerprint density at radius 3 is 1.72 bits per heavy atom. The van der Waals surface area contributed by atoms with Crippen molar-refractivity contribution >= 4 is 65.8 Å². The van der Waals surface area contributed by atoms with Gasteiger partial charge in [0.1, 0.15) is 33.5 Å². The monoisotopic (exact) mass is 732 g/mol. The smallest absolute Gasteiger partial charge is 0.164 e. The van der Waals surface area contributed by atoms with Crippen LogP contribution in [0.5, 0.6) is 0 Å². The highest BCUT2D eigenvalue weighted by Gasteiger charge is 2.23. The molecule has 0 saturated heterocycles. The van der Waals surface area contributed by atoms with Crippen molar-refractivity contribution in [3.05, 3.63) is 170 Å². The molecule has 0 aliphatic heterocycles. The van der Waals surface area contributed by atoms with Crippen molar-refractivity contribution in [3.8, 4) is 56.4 Å². The topological polar surface area (TPSA) is 91.0 Å². The molecule has 12 aromatic rings. The number of nitrogens with zero attached hydrogens (tertiary/aromatic N) is 4. The van der Waals surface area contributed by atoms with Crippen LogP contribution in [0.15, 0.2) is 183 Å². The summed E-state index contributed by atoms with van der Waals surface area (Å²) in [6.45, 7) is 0. The molecule has 7 nitrogen and oxygen atoms in total. The third-order valence-electron chi connectivity index (χ3n) is 10.9. The Kier molecular flexibility index (Phi) is 6.79. The minimum Gasteiger partial charge on any atom is -0.456 e. The highest BCUT2D eigenvalue weighted by atomic mass is 16.3. The average Bonchev–Trinajstić information content (AvgIpc) is 3.98. The Hall–Kier alpha value is -7.90. The maximum Gasteiger partial charge on any atom is 0.164 e. The summed E-state index contributed by atoms with van der Waals surface area (Å²) in [5.41, 5.74) is 11.0. The molecule has 0 aliphatic carbocycles. The van der Waals surface area contributed by atoms with E-state index in [-0.39, 0.29) is 0 Å². The largest absolute Gasteiger partial charge is 0.456 e. The van der Waals surface area contributed by atoms with Gasteiger partial charge in [0, 0.05) is 78.1 Å². The molecule has 0 spiro atoms. The number of benzene rings is 7. The van der Waals surface area contributed by atoms with Crippen molar-refractivity contribution in [1.82, 2.24) is 19.9 Å². The molecule has 12 rings (SSSR count). The van der Waals surface area contributed by atoms with Crippen molar-refractivity contribution in [3.63, 3.8) is 0 Å². The first-order valence-electron chi connectivity index (χ1n) is 18.8. The first-order valence-corrected chi connectivity index (χ1v) is 18.8. The van der Waals surface area contributed by atoms with Crippen LogP contribution in [0.2, 0.25) is 0 Å². The van der Waals surface area contributed by atoms with Crippen molar-refractivity contribution in [2.24, 2.45) is 0 Å². The van der Waals surface area contributed by atoms with Crippen LogP contribution < -0.4 is 0 Å². The van der Waals surface area contributed by atoms with Crippen LogP contribution in [0.4, 0.5) is 0 Å². The molecule has 0 aliphatic rings. The number of para-hydroxylation sites is 4. The number of hydrogen-bond donors (Lipinski definition) is 0. The first kappa shape index (κ1) is 31.5.